The van der Waals surface area contributed by atoms with Gasteiger partial charge >= 0.3 is 0 Å². The number of hydrogen-bond donors (Lipinski definition) is 0. The molecule has 3 heterocycles. The molecular formula is C15H22N2O3S2. The summed E-state index contributed by atoms with van der Waals surface area (Å²) in [5.41, 5.74) is 1.95. The van der Waals surface area contributed by atoms with Crippen molar-refractivity contribution < 1.29 is 13.2 Å². The molecule has 0 aliphatic carbocycles. The van der Waals surface area contributed by atoms with E-state index in [9.17, 15) is 8.42 Å². The van der Waals surface area contributed by atoms with Crippen LogP contribution in [0.25, 0.3) is 0 Å². The molecule has 7 heteroatoms. The number of aryl methyl sites for hydroxylation is 1. The fraction of sp³-hybridized carbons (Fsp3) is 0.667. The van der Waals surface area contributed by atoms with E-state index in [-0.39, 0.29) is 16.6 Å². The molecule has 2 fully saturated rings. The quantitative estimate of drug-likeness (QED) is 0.817. The Kier molecular flexibility index (Phi) is 4.51. The third kappa shape index (κ3) is 3.32. The Morgan fingerprint density at radius 3 is 2.91 bits per heavy atom. The molecule has 0 aromatic carbocycles. The average molecular weight is 342 g/mol. The molecule has 0 N–H and O–H groups in total. The maximum absolute atomic E-state index is 11.8. The van der Waals surface area contributed by atoms with Crippen LogP contribution in [-0.4, -0.2) is 53.2 Å². The lowest BCUT2D eigenvalue weighted by Crippen LogP contribution is -2.60. The average Bonchev–Trinajstić information content (AvgIpc) is 2.88. The fourth-order valence-electron chi connectivity index (χ4n) is 2.99. The van der Waals surface area contributed by atoms with E-state index in [0.717, 1.165) is 23.6 Å². The van der Waals surface area contributed by atoms with E-state index in [2.05, 4.69) is 4.98 Å². The summed E-state index contributed by atoms with van der Waals surface area (Å²) in [6, 6.07) is 5.94. The van der Waals surface area contributed by atoms with Crippen molar-refractivity contribution in [2.45, 2.75) is 37.7 Å². The minimum Gasteiger partial charge on any atom is -0.371 e. The van der Waals surface area contributed by atoms with Gasteiger partial charge in [0, 0.05) is 29.3 Å². The van der Waals surface area contributed by atoms with Crippen molar-refractivity contribution in [1.82, 2.24) is 9.29 Å². The Morgan fingerprint density at radius 1 is 1.45 bits per heavy atom. The maximum atomic E-state index is 11.8. The summed E-state index contributed by atoms with van der Waals surface area (Å²) in [4.78, 5) is 4.44. The van der Waals surface area contributed by atoms with E-state index in [1.165, 1.54) is 0 Å². The molecule has 122 valence electrons. The first-order chi connectivity index (χ1) is 10.4. The smallest absolute Gasteiger partial charge is 0.213 e. The Balaban J connectivity index is 1.50. The highest BCUT2D eigenvalue weighted by molar-refractivity contribution is 8.01. The fourth-order valence-corrected chi connectivity index (χ4v) is 5.96. The summed E-state index contributed by atoms with van der Waals surface area (Å²) >= 11 is 1.86. The second kappa shape index (κ2) is 6.11. The lowest BCUT2D eigenvalue weighted by Gasteiger charge is -2.46. The van der Waals surface area contributed by atoms with Gasteiger partial charge in [0.25, 0.3) is 0 Å². The van der Waals surface area contributed by atoms with E-state index in [4.69, 9.17) is 4.74 Å². The topological polar surface area (TPSA) is 59.5 Å². The third-order valence-corrected chi connectivity index (χ3v) is 7.63. The van der Waals surface area contributed by atoms with Crippen LogP contribution in [0, 0.1) is 6.92 Å². The maximum Gasteiger partial charge on any atom is 0.213 e. The van der Waals surface area contributed by atoms with Gasteiger partial charge in [-0.2, -0.15) is 4.31 Å². The minimum absolute atomic E-state index is 0.0763. The molecule has 0 radical (unpaired) electrons. The van der Waals surface area contributed by atoms with Gasteiger partial charge in [0.15, 0.2) is 0 Å². The summed E-state index contributed by atoms with van der Waals surface area (Å²) in [7, 11) is -3.03. The van der Waals surface area contributed by atoms with Gasteiger partial charge in [-0.25, -0.2) is 8.42 Å². The van der Waals surface area contributed by atoms with E-state index >= 15 is 0 Å². The molecule has 0 bridgehead atoms. The second-order valence-electron chi connectivity index (χ2n) is 6.07. The molecule has 1 spiro atoms. The standard InChI is InChI=1S/C15H22N2O3S2/c1-3-22(18,19)17-10-15(11-17)7-14(9-21-15)20-8-13-6-4-5-12(2)16-13/h4-6,14H,3,7-11H2,1-2H3/t14-/m1/s1. The number of hydrogen-bond acceptors (Lipinski definition) is 5. The van der Waals surface area contributed by atoms with Crippen molar-refractivity contribution in [3.05, 3.63) is 29.6 Å². The highest BCUT2D eigenvalue weighted by Crippen LogP contribution is 2.47. The van der Waals surface area contributed by atoms with Crippen LogP contribution in [0.1, 0.15) is 24.7 Å². The first-order valence-electron chi connectivity index (χ1n) is 7.58. The van der Waals surface area contributed by atoms with E-state index in [1.54, 1.807) is 11.2 Å². The number of nitrogens with zero attached hydrogens (tertiary/aromatic N) is 2. The zero-order valence-corrected chi connectivity index (χ0v) is 14.6. The third-order valence-electron chi connectivity index (χ3n) is 4.28. The van der Waals surface area contributed by atoms with Gasteiger partial charge in [-0.1, -0.05) is 6.07 Å². The van der Waals surface area contributed by atoms with Gasteiger partial charge in [0.1, 0.15) is 0 Å². The molecule has 0 amide bonds. The van der Waals surface area contributed by atoms with Gasteiger partial charge in [-0.15, -0.1) is 11.8 Å². The van der Waals surface area contributed by atoms with Gasteiger partial charge in [0.2, 0.25) is 10.0 Å². The van der Waals surface area contributed by atoms with E-state index < -0.39 is 10.0 Å². The molecule has 1 atom stereocenters. The zero-order chi connectivity index (χ0) is 15.8. The summed E-state index contributed by atoms with van der Waals surface area (Å²) in [5, 5.41) is 0. The molecule has 1 aromatic rings. The second-order valence-corrected chi connectivity index (χ2v) is 9.82. The van der Waals surface area contributed by atoms with Gasteiger partial charge in [0.05, 0.1) is 24.2 Å². The lowest BCUT2D eigenvalue weighted by molar-refractivity contribution is 0.0380. The van der Waals surface area contributed by atoms with Crippen LogP contribution in [0.15, 0.2) is 18.2 Å². The molecule has 2 aliphatic heterocycles. The van der Waals surface area contributed by atoms with Crippen LogP contribution in [0.2, 0.25) is 0 Å². The molecule has 2 aliphatic rings. The normalized spacial score (nSPS) is 24.5. The molecule has 0 saturated carbocycles. The summed E-state index contributed by atoms with van der Waals surface area (Å²) in [5.74, 6) is 1.12. The number of aromatic nitrogens is 1. The summed E-state index contributed by atoms with van der Waals surface area (Å²) < 4.78 is 31.3. The van der Waals surface area contributed by atoms with Crippen molar-refractivity contribution in [3.63, 3.8) is 0 Å². The van der Waals surface area contributed by atoms with E-state index in [1.807, 2.05) is 36.9 Å². The van der Waals surface area contributed by atoms with Gasteiger partial charge in [-0.3, -0.25) is 4.98 Å². The van der Waals surface area contributed by atoms with Crippen LogP contribution >= 0.6 is 11.8 Å². The minimum atomic E-state index is -3.03. The van der Waals surface area contributed by atoms with Crippen LogP contribution in [-0.2, 0) is 21.4 Å². The van der Waals surface area contributed by atoms with Crippen molar-refractivity contribution >= 4 is 21.8 Å². The van der Waals surface area contributed by atoms with Crippen LogP contribution < -0.4 is 0 Å². The van der Waals surface area contributed by atoms with Crippen LogP contribution in [0.3, 0.4) is 0 Å². The number of sulfonamides is 1. The summed E-state index contributed by atoms with van der Waals surface area (Å²) in [6.45, 7) is 5.47. The van der Waals surface area contributed by atoms with Crippen molar-refractivity contribution in [2.75, 3.05) is 24.6 Å². The Morgan fingerprint density at radius 2 is 2.23 bits per heavy atom. The SMILES string of the molecule is CCS(=O)(=O)N1CC2(C[C@@H](OCc3cccc(C)n3)CS2)C1. The Hall–Kier alpha value is -0.630. The molecule has 2 saturated heterocycles. The molecule has 3 rings (SSSR count). The van der Waals surface area contributed by atoms with Crippen molar-refractivity contribution in [2.24, 2.45) is 0 Å². The number of ether oxygens (including phenoxy) is 1. The Labute approximate surface area is 136 Å². The highest BCUT2D eigenvalue weighted by Gasteiger charge is 2.52. The molecule has 5 nitrogen and oxygen atoms in total. The first-order valence-corrected chi connectivity index (χ1v) is 10.2. The highest BCUT2D eigenvalue weighted by atomic mass is 32.2. The zero-order valence-electron chi connectivity index (χ0n) is 13.0. The monoisotopic (exact) mass is 342 g/mol. The number of thioether (sulfide) groups is 1. The van der Waals surface area contributed by atoms with E-state index in [0.29, 0.717) is 19.7 Å². The largest absolute Gasteiger partial charge is 0.371 e. The Bertz CT molecular complexity index is 642. The number of pyridine rings is 1. The van der Waals surface area contributed by atoms with Gasteiger partial charge < -0.3 is 4.74 Å². The molecule has 0 unspecified atom stereocenters. The molecular weight excluding hydrogens is 320 g/mol. The predicted molar refractivity (Wildman–Crippen MR) is 88.4 cm³/mol. The van der Waals surface area contributed by atoms with Gasteiger partial charge in [-0.05, 0) is 32.4 Å². The number of rotatable bonds is 5. The predicted octanol–water partition coefficient (Wildman–Crippen LogP) is 1.82. The molecule has 1 aromatic heterocycles. The van der Waals surface area contributed by atoms with Crippen LogP contribution in [0.5, 0.6) is 0 Å². The lowest BCUT2D eigenvalue weighted by atomic mass is 9.95. The summed E-state index contributed by atoms with van der Waals surface area (Å²) in [6.07, 6.45) is 1.12. The van der Waals surface area contributed by atoms with Crippen molar-refractivity contribution in [1.29, 1.82) is 0 Å². The first kappa shape index (κ1) is 16.2. The van der Waals surface area contributed by atoms with Crippen LogP contribution in [0.4, 0.5) is 0 Å². The molecule has 22 heavy (non-hydrogen) atoms. The van der Waals surface area contributed by atoms with Crippen molar-refractivity contribution in [3.8, 4) is 0 Å².